The summed E-state index contributed by atoms with van der Waals surface area (Å²) in [4.78, 5) is 30.7. The molecule has 156 valence electrons. The normalized spacial score (nSPS) is 17.3. The molecule has 1 aliphatic carbocycles. The van der Waals surface area contributed by atoms with Crippen molar-refractivity contribution in [1.29, 1.82) is 0 Å². The van der Waals surface area contributed by atoms with Crippen molar-refractivity contribution in [3.05, 3.63) is 51.8 Å². The van der Waals surface area contributed by atoms with Gasteiger partial charge in [-0.15, -0.1) is 0 Å². The summed E-state index contributed by atoms with van der Waals surface area (Å²) in [6, 6.07) is 5.78. The molecule has 0 bridgehead atoms. The van der Waals surface area contributed by atoms with Gasteiger partial charge in [0.05, 0.1) is 17.6 Å². The molecule has 0 radical (unpaired) electrons. The van der Waals surface area contributed by atoms with E-state index in [4.69, 9.17) is 4.98 Å². The molecule has 4 heterocycles. The largest absolute Gasteiger partial charge is 0.353 e. The van der Waals surface area contributed by atoms with E-state index in [1.165, 1.54) is 12.8 Å². The maximum absolute atomic E-state index is 12.4. The van der Waals surface area contributed by atoms with Crippen LogP contribution in [0.25, 0.3) is 11.0 Å². The summed E-state index contributed by atoms with van der Waals surface area (Å²) < 4.78 is 1.66. The number of pyridine rings is 1. The topological polar surface area (TPSA) is 80.0 Å². The summed E-state index contributed by atoms with van der Waals surface area (Å²) in [6.45, 7) is 7.06. The number of piperazine rings is 1. The lowest BCUT2D eigenvalue weighted by Crippen LogP contribution is -2.48. The van der Waals surface area contributed by atoms with Crippen LogP contribution < -0.4 is 10.5 Å². The fourth-order valence-electron chi connectivity index (χ4n) is 4.47. The molecule has 0 unspecified atom stereocenters. The SMILES string of the molecule is Cc1nc(N2CCN(CCn3nc4c(cc3=O)CCCC4)CC2)c2cccnc2n1. The minimum atomic E-state index is 0.0321. The first-order valence-corrected chi connectivity index (χ1v) is 10.8. The van der Waals surface area contributed by atoms with Gasteiger partial charge in [-0.25, -0.2) is 19.6 Å². The fraction of sp³-hybridized carbons (Fsp3) is 0.500. The van der Waals surface area contributed by atoms with Crippen molar-refractivity contribution in [1.82, 2.24) is 29.6 Å². The zero-order chi connectivity index (χ0) is 20.5. The molecule has 3 aromatic rings. The molecule has 8 nitrogen and oxygen atoms in total. The zero-order valence-electron chi connectivity index (χ0n) is 17.4. The molecule has 1 aliphatic heterocycles. The predicted molar refractivity (Wildman–Crippen MR) is 116 cm³/mol. The van der Waals surface area contributed by atoms with E-state index in [1.54, 1.807) is 16.9 Å². The van der Waals surface area contributed by atoms with Crippen molar-refractivity contribution < 1.29 is 0 Å². The number of rotatable bonds is 4. The first-order valence-electron chi connectivity index (χ1n) is 10.8. The third kappa shape index (κ3) is 3.79. The maximum atomic E-state index is 12.4. The molecule has 0 N–H and O–H groups in total. The lowest BCUT2D eigenvalue weighted by atomic mass is 9.97. The average molecular weight is 406 g/mol. The first kappa shape index (κ1) is 19.1. The van der Waals surface area contributed by atoms with Gasteiger partial charge in [0.25, 0.3) is 5.56 Å². The quantitative estimate of drug-likeness (QED) is 0.652. The Morgan fingerprint density at radius 2 is 1.87 bits per heavy atom. The van der Waals surface area contributed by atoms with Crippen LogP contribution in [0.3, 0.4) is 0 Å². The highest BCUT2D eigenvalue weighted by molar-refractivity contribution is 5.86. The van der Waals surface area contributed by atoms with E-state index in [9.17, 15) is 4.79 Å². The maximum Gasteiger partial charge on any atom is 0.267 e. The molecule has 0 amide bonds. The third-order valence-corrected chi connectivity index (χ3v) is 6.14. The Kier molecular flexibility index (Phi) is 5.16. The monoisotopic (exact) mass is 405 g/mol. The molecular formula is C22H27N7O. The fourth-order valence-corrected chi connectivity index (χ4v) is 4.47. The standard InChI is InChI=1S/C22H27N7O/c1-16-24-21-18(6-4-8-23-21)22(25-16)28-12-9-27(10-13-28)11-14-29-20(30)15-17-5-2-3-7-19(17)26-29/h4,6,8,15H,2-3,5,7,9-14H2,1H3. The van der Waals surface area contributed by atoms with Gasteiger partial charge in [-0.3, -0.25) is 9.69 Å². The van der Waals surface area contributed by atoms with Gasteiger partial charge in [-0.2, -0.15) is 5.10 Å². The summed E-state index contributed by atoms with van der Waals surface area (Å²) in [6.07, 6.45) is 6.10. The third-order valence-electron chi connectivity index (χ3n) is 6.14. The minimum Gasteiger partial charge on any atom is -0.353 e. The van der Waals surface area contributed by atoms with Crippen molar-refractivity contribution in [2.45, 2.75) is 39.2 Å². The second-order valence-electron chi connectivity index (χ2n) is 8.18. The number of aromatic nitrogens is 5. The van der Waals surface area contributed by atoms with E-state index < -0.39 is 0 Å². The van der Waals surface area contributed by atoms with Gasteiger partial charge in [0.2, 0.25) is 0 Å². The Hall–Kier alpha value is -2.87. The van der Waals surface area contributed by atoms with Crippen molar-refractivity contribution in [3.8, 4) is 0 Å². The van der Waals surface area contributed by atoms with Gasteiger partial charge in [0.15, 0.2) is 5.65 Å². The number of hydrogen-bond donors (Lipinski definition) is 0. The number of anilines is 1. The van der Waals surface area contributed by atoms with Crippen LogP contribution in [0, 0.1) is 6.92 Å². The summed E-state index contributed by atoms with van der Waals surface area (Å²) >= 11 is 0. The predicted octanol–water partition coefficient (Wildman–Crippen LogP) is 1.59. The molecule has 0 atom stereocenters. The summed E-state index contributed by atoms with van der Waals surface area (Å²) in [5, 5.41) is 5.65. The molecule has 1 fully saturated rings. The van der Waals surface area contributed by atoms with Crippen LogP contribution in [-0.4, -0.2) is 62.4 Å². The molecule has 30 heavy (non-hydrogen) atoms. The highest BCUT2D eigenvalue weighted by atomic mass is 16.1. The Morgan fingerprint density at radius 3 is 2.73 bits per heavy atom. The average Bonchev–Trinajstić information content (AvgIpc) is 2.77. The Morgan fingerprint density at radius 1 is 1.03 bits per heavy atom. The summed E-state index contributed by atoms with van der Waals surface area (Å²) in [5.41, 5.74) is 3.05. The summed E-state index contributed by atoms with van der Waals surface area (Å²) in [5.74, 6) is 1.72. The molecule has 0 saturated carbocycles. The zero-order valence-corrected chi connectivity index (χ0v) is 17.4. The summed E-state index contributed by atoms with van der Waals surface area (Å²) in [7, 11) is 0. The number of aryl methyl sites for hydroxylation is 3. The van der Waals surface area contributed by atoms with Crippen LogP contribution in [-0.2, 0) is 19.4 Å². The second kappa shape index (κ2) is 8.10. The number of fused-ring (bicyclic) bond motifs is 2. The Labute approximate surface area is 175 Å². The molecule has 0 aromatic carbocycles. The molecule has 0 spiro atoms. The highest BCUT2D eigenvalue weighted by Gasteiger charge is 2.21. The van der Waals surface area contributed by atoms with Crippen molar-refractivity contribution in [2.75, 3.05) is 37.6 Å². The van der Waals surface area contributed by atoms with Gasteiger partial charge in [0, 0.05) is 45.0 Å². The van der Waals surface area contributed by atoms with Gasteiger partial charge in [-0.05, 0) is 50.3 Å². The van der Waals surface area contributed by atoms with Crippen LogP contribution in [0.2, 0.25) is 0 Å². The minimum absolute atomic E-state index is 0.0321. The number of nitrogens with zero attached hydrogens (tertiary/aromatic N) is 7. The molecule has 8 heteroatoms. The lowest BCUT2D eigenvalue weighted by molar-refractivity contribution is 0.242. The van der Waals surface area contributed by atoms with Crippen LogP contribution in [0.15, 0.2) is 29.2 Å². The van der Waals surface area contributed by atoms with E-state index in [1.807, 2.05) is 19.1 Å². The Bertz CT molecular complexity index is 1120. The van der Waals surface area contributed by atoms with E-state index in [-0.39, 0.29) is 5.56 Å². The smallest absolute Gasteiger partial charge is 0.267 e. The van der Waals surface area contributed by atoms with Crippen LogP contribution in [0.4, 0.5) is 5.82 Å². The van der Waals surface area contributed by atoms with Gasteiger partial charge in [-0.1, -0.05) is 0 Å². The number of hydrogen-bond acceptors (Lipinski definition) is 7. The van der Waals surface area contributed by atoms with Crippen LogP contribution in [0.1, 0.15) is 29.9 Å². The van der Waals surface area contributed by atoms with E-state index in [0.29, 0.717) is 6.54 Å². The lowest BCUT2D eigenvalue weighted by Gasteiger charge is -2.35. The molecule has 2 aliphatic rings. The van der Waals surface area contributed by atoms with E-state index >= 15 is 0 Å². The van der Waals surface area contributed by atoms with Gasteiger partial charge >= 0.3 is 0 Å². The molecule has 3 aromatic heterocycles. The molecule has 1 saturated heterocycles. The van der Waals surface area contributed by atoms with Crippen molar-refractivity contribution in [2.24, 2.45) is 0 Å². The molecular weight excluding hydrogens is 378 g/mol. The Balaban J connectivity index is 1.24. The first-order chi connectivity index (χ1) is 14.7. The van der Waals surface area contributed by atoms with Crippen LogP contribution in [0.5, 0.6) is 0 Å². The highest BCUT2D eigenvalue weighted by Crippen LogP contribution is 2.23. The van der Waals surface area contributed by atoms with Crippen molar-refractivity contribution in [3.63, 3.8) is 0 Å². The van der Waals surface area contributed by atoms with Crippen LogP contribution >= 0.6 is 0 Å². The van der Waals surface area contributed by atoms with Crippen molar-refractivity contribution >= 4 is 16.9 Å². The van der Waals surface area contributed by atoms with E-state index in [2.05, 4.69) is 24.9 Å². The van der Waals surface area contributed by atoms with E-state index in [0.717, 1.165) is 79.5 Å². The second-order valence-corrected chi connectivity index (χ2v) is 8.18. The van der Waals surface area contributed by atoms with Gasteiger partial charge < -0.3 is 4.90 Å². The van der Waals surface area contributed by atoms with Gasteiger partial charge in [0.1, 0.15) is 11.6 Å². The molecule has 5 rings (SSSR count).